The van der Waals surface area contributed by atoms with Gasteiger partial charge in [0.05, 0.1) is 0 Å². The molecule has 0 unspecified atom stereocenters. The average molecular weight is 291 g/mol. The van der Waals surface area contributed by atoms with Gasteiger partial charge in [-0.3, -0.25) is 0 Å². The molecule has 0 aromatic heterocycles. The highest BCUT2D eigenvalue weighted by Gasteiger charge is 2.18. The summed E-state index contributed by atoms with van der Waals surface area (Å²) >= 11 is 1.64. The Hall–Kier alpha value is -1.49. The number of carbonyl (C=O) groups excluding carboxylic acids is 1. The van der Waals surface area contributed by atoms with Crippen LogP contribution >= 0.6 is 11.8 Å². The maximum atomic E-state index is 12.0. The van der Waals surface area contributed by atoms with Crippen LogP contribution in [0.2, 0.25) is 0 Å². The first-order chi connectivity index (χ1) is 9.74. The summed E-state index contributed by atoms with van der Waals surface area (Å²) < 4.78 is 0. The number of aryl methyl sites for hydroxylation is 1. The van der Waals surface area contributed by atoms with Crippen LogP contribution in [0.1, 0.15) is 25.8 Å². The van der Waals surface area contributed by atoms with Crippen molar-refractivity contribution in [3.05, 3.63) is 29.8 Å². The molecule has 1 saturated heterocycles. The summed E-state index contributed by atoms with van der Waals surface area (Å²) in [6.07, 6.45) is 2.02. The van der Waals surface area contributed by atoms with Crippen LogP contribution < -0.4 is 5.32 Å². The number of anilines is 1. The number of benzene rings is 1. The summed E-state index contributed by atoms with van der Waals surface area (Å²) in [6, 6.07) is 7.64. The standard InChI is InChI=1S/C15H21N3OS/c1-3-7-12-8-5-6-9-13(12)16-14(19)17-15-18(4-2)10-11-20-15/h5-6,8-9H,3-4,7,10-11H2,1-2H3,(H,16,19)/b17-15-. The fourth-order valence-corrected chi connectivity index (χ4v) is 3.23. The van der Waals surface area contributed by atoms with Crippen molar-refractivity contribution in [2.45, 2.75) is 26.7 Å². The molecule has 1 aromatic rings. The second kappa shape index (κ2) is 7.33. The van der Waals surface area contributed by atoms with Gasteiger partial charge < -0.3 is 10.2 Å². The number of urea groups is 1. The molecule has 0 atom stereocenters. The Morgan fingerprint density at radius 3 is 2.95 bits per heavy atom. The molecular weight excluding hydrogens is 270 g/mol. The molecule has 20 heavy (non-hydrogen) atoms. The van der Waals surface area contributed by atoms with Crippen LogP contribution in [0.3, 0.4) is 0 Å². The molecule has 1 aliphatic heterocycles. The lowest BCUT2D eigenvalue weighted by atomic mass is 10.1. The zero-order chi connectivity index (χ0) is 14.4. The molecule has 0 saturated carbocycles. The first-order valence-corrected chi connectivity index (χ1v) is 8.08. The molecule has 0 spiro atoms. The summed E-state index contributed by atoms with van der Waals surface area (Å²) in [7, 11) is 0. The molecule has 0 radical (unpaired) electrons. The van der Waals surface area contributed by atoms with Gasteiger partial charge in [-0.15, -0.1) is 0 Å². The first kappa shape index (κ1) is 14.9. The Kier molecular flexibility index (Phi) is 5.47. The van der Waals surface area contributed by atoms with Crippen molar-refractivity contribution in [1.82, 2.24) is 4.90 Å². The lowest BCUT2D eigenvalue weighted by molar-refractivity contribution is 0.259. The molecule has 5 heteroatoms. The summed E-state index contributed by atoms with van der Waals surface area (Å²) in [4.78, 5) is 18.4. The number of thioether (sulfide) groups is 1. The zero-order valence-electron chi connectivity index (χ0n) is 12.1. The Morgan fingerprint density at radius 2 is 2.20 bits per heavy atom. The summed E-state index contributed by atoms with van der Waals surface area (Å²) in [5.74, 6) is 1.01. The largest absolute Gasteiger partial charge is 0.350 e. The highest BCUT2D eigenvalue weighted by molar-refractivity contribution is 8.14. The molecule has 0 bridgehead atoms. The number of hydrogen-bond acceptors (Lipinski definition) is 2. The summed E-state index contributed by atoms with van der Waals surface area (Å²) in [6.45, 7) is 6.08. The predicted molar refractivity (Wildman–Crippen MR) is 86.6 cm³/mol. The molecule has 2 amide bonds. The van der Waals surface area contributed by atoms with Gasteiger partial charge in [-0.25, -0.2) is 4.79 Å². The highest BCUT2D eigenvalue weighted by atomic mass is 32.2. The van der Waals surface area contributed by atoms with Crippen LogP contribution in [0.15, 0.2) is 29.3 Å². The van der Waals surface area contributed by atoms with E-state index in [9.17, 15) is 4.79 Å². The van der Waals surface area contributed by atoms with E-state index in [2.05, 4.69) is 35.1 Å². The maximum Gasteiger partial charge on any atom is 0.347 e. The van der Waals surface area contributed by atoms with Gasteiger partial charge in [0, 0.05) is 24.5 Å². The predicted octanol–water partition coefficient (Wildman–Crippen LogP) is 3.60. The van der Waals surface area contributed by atoms with E-state index in [4.69, 9.17) is 0 Å². The Balaban J connectivity index is 2.06. The molecule has 2 rings (SSSR count). The Bertz CT molecular complexity index is 502. The minimum absolute atomic E-state index is 0.281. The van der Waals surface area contributed by atoms with E-state index >= 15 is 0 Å². The number of nitrogens with zero attached hydrogens (tertiary/aromatic N) is 2. The van der Waals surface area contributed by atoms with Gasteiger partial charge in [-0.05, 0) is 25.0 Å². The van der Waals surface area contributed by atoms with Crippen molar-refractivity contribution in [1.29, 1.82) is 0 Å². The van der Waals surface area contributed by atoms with Gasteiger partial charge in [0.15, 0.2) is 5.17 Å². The molecule has 4 nitrogen and oxygen atoms in total. The third-order valence-electron chi connectivity index (χ3n) is 3.22. The fraction of sp³-hybridized carbons (Fsp3) is 0.467. The first-order valence-electron chi connectivity index (χ1n) is 7.10. The van der Waals surface area contributed by atoms with E-state index in [1.165, 1.54) is 0 Å². The lowest BCUT2D eigenvalue weighted by Gasteiger charge is -2.14. The van der Waals surface area contributed by atoms with Crippen LogP contribution in [0.4, 0.5) is 10.5 Å². The van der Waals surface area contributed by atoms with Gasteiger partial charge in [0.2, 0.25) is 0 Å². The summed E-state index contributed by atoms with van der Waals surface area (Å²) in [5.41, 5.74) is 2.03. The molecule has 0 aliphatic carbocycles. The molecule has 1 N–H and O–H groups in total. The SMILES string of the molecule is CCCc1ccccc1NC(=O)/N=C1\SCCN1CC. The lowest BCUT2D eigenvalue weighted by Crippen LogP contribution is -2.25. The topological polar surface area (TPSA) is 44.7 Å². The second-order valence-corrected chi connectivity index (χ2v) is 5.72. The molecule has 1 heterocycles. The normalized spacial score (nSPS) is 16.7. The number of amidine groups is 1. The number of nitrogens with one attached hydrogen (secondary N) is 1. The smallest absolute Gasteiger partial charge is 0.347 e. The van der Waals surface area contributed by atoms with E-state index in [-0.39, 0.29) is 6.03 Å². The van der Waals surface area contributed by atoms with Crippen molar-refractivity contribution < 1.29 is 4.79 Å². The minimum atomic E-state index is -0.281. The monoisotopic (exact) mass is 291 g/mol. The fourth-order valence-electron chi connectivity index (χ4n) is 2.19. The van der Waals surface area contributed by atoms with Crippen molar-refractivity contribution in [2.24, 2.45) is 4.99 Å². The number of carbonyl (C=O) groups is 1. The van der Waals surface area contributed by atoms with Crippen LogP contribution in [-0.2, 0) is 6.42 Å². The molecular formula is C15H21N3OS. The third kappa shape index (κ3) is 3.76. The van der Waals surface area contributed by atoms with Crippen LogP contribution in [0.5, 0.6) is 0 Å². The van der Waals surface area contributed by atoms with Crippen LogP contribution in [0, 0.1) is 0 Å². The molecule has 1 aromatic carbocycles. The van der Waals surface area contributed by atoms with Crippen molar-refractivity contribution >= 4 is 28.6 Å². The van der Waals surface area contributed by atoms with Gasteiger partial charge >= 0.3 is 6.03 Å². The molecule has 1 fully saturated rings. The van der Waals surface area contributed by atoms with Crippen molar-refractivity contribution in [3.63, 3.8) is 0 Å². The minimum Gasteiger partial charge on any atom is -0.350 e. The van der Waals surface area contributed by atoms with E-state index in [0.29, 0.717) is 0 Å². The van der Waals surface area contributed by atoms with Gasteiger partial charge in [0.25, 0.3) is 0 Å². The van der Waals surface area contributed by atoms with Crippen LogP contribution in [0.25, 0.3) is 0 Å². The van der Waals surface area contributed by atoms with E-state index < -0.39 is 0 Å². The number of hydrogen-bond donors (Lipinski definition) is 1. The van der Waals surface area contributed by atoms with Gasteiger partial charge in [-0.1, -0.05) is 43.3 Å². The van der Waals surface area contributed by atoms with Crippen molar-refractivity contribution in [3.8, 4) is 0 Å². The molecule has 108 valence electrons. The Morgan fingerprint density at radius 1 is 1.40 bits per heavy atom. The van der Waals surface area contributed by atoms with Crippen LogP contribution in [-0.4, -0.2) is 34.9 Å². The maximum absolute atomic E-state index is 12.0. The summed E-state index contributed by atoms with van der Waals surface area (Å²) in [5, 5.41) is 3.73. The van der Waals surface area contributed by atoms with Gasteiger partial charge in [-0.2, -0.15) is 4.99 Å². The molecule has 1 aliphatic rings. The average Bonchev–Trinajstić information content (AvgIpc) is 2.88. The van der Waals surface area contributed by atoms with E-state index in [0.717, 1.165) is 48.1 Å². The second-order valence-electron chi connectivity index (χ2n) is 4.66. The number of amides is 2. The highest BCUT2D eigenvalue weighted by Crippen LogP contribution is 2.19. The zero-order valence-corrected chi connectivity index (χ0v) is 12.9. The number of aliphatic imine (C=N–C) groups is 1. The van der Waals surface area contributed by atoms with E-state index in [1.807, 2.05) is 18.2 Å². The van der Waals surface area contributed by atoms with Gasteiger partial charge in [0.1, 0.15) is 0 Å². The number of rotatable bonds is 4. The third-order valence-corrected chi connectivity index (χ3v) is 4.21. The van der Waals surface area contributed by atoms with E-state index in [1.54, 1.807) is 11.8 Å². The Labute approximate surface area is 124 Å². The van der Waals surface area contributed by atoms with Crippen molar-refractivity contribution in [2.75, 3.05) is 24.2 Å². The number of para-hydroxylation sites is 1. The quantitative estimate of drug-likeness (QED) is 0.922.